The number of amides is 1. The summed E-state index contributed by atoms with van der Waals surface area (Å²) in [6.45, 7) is 0. The quantitative estimate of drug-likeness (QED) is 0.883. The minimum absolute atomic E-state index is 0. The highest BCUT2D eigenvalue weighted by atomic mass is 35.5. The maximum atomic E-state index is 13.0. The molecule has 130 valence electrons. The van der Waals surface area contributed by atoms with Crippen LogP contribution in [0.3, 0.4) is 0 Å². The van der Waals surface area contributed by atoms with E-state index in [2.05, 4.69) is 10.3 Å². The topological polar surface area (TPSA) is 45.2 Å². The van der Waals surface area contributed by atoms with Gasteiger partial charge in [0.1, 0.15) is 0 Å². The van der Waals surface area contributed by atoms with E-state index in [0.29, 0.717) is 18.1 Å². The number of fused-ring (bicyclic) bond motifs is 3. The Kier molecular flexibility index (Phi) is 6.07. The molecule has 2 aliphatic rings. The van der Waals surface area contributed by atoms with Crippen LogP contribution >= 0.6 is 24.8 Å². The van der Waals surface area contributed by atoms with Gasteiger partial charge in [-0.05, 0) is 43.2 Å². The Labute approximate surface area is 154 Å². The van der Waals surface area contributed by atoms with Crippen molar-refractivity contribution in [3.8, 4) is 0 Å². The SMILES string of the molecule is CN(C(=O)c1cccc2cnccc12)C1CC2CCC(C1)N2.Cl.Cl. The van der Waals surface area contributed by atoms with E-state index in [4.69, 9.17) is 0 Å². The second kappa shape index (κ2) is 7.68. The molecule has 2 unspecified atom stereocenters. The van der Waals surface area contributed by atoms with E-state index in [1.807, 2.05) is 42.4 Å². The zero-order chi connectivity index (χ0) is 15.1. The number of hydrogen-bond acceptors (Lipinski definition) is 3. The summed E-state index contributed by atoms with van der Waals surface area (Å²) in [5, 5.41) is 5.65. The summed E-state index contributed by atoms with van der Waals surface area (Å²) >= 11 is 0. The lowest BCUT2D eigenvalue weighted by Gasteiger charge is -2.35. The highest BCUT2D eigenvalue weighted by Gasteiger charge is 2.36. The first-order valence-electron chi connectivity index (χ1n) is 8.08. The van der Waals surface area contributed by atoms with Gasteiger partial charge in [0.15, 0.2) is 0 Å². The Balaban J connectivity index is 0.00000104. The van der Waals surface area contributed by atoms with Crippen LogP contribution < -0.4 is 5.32 Å². The molecule has 4 nitrogen and oxygen atoms in total. The number of aromatic nitrogens is 1. The van der Waals surface area contributed by atoms with Gasteiger partial charge in [0.2, 0.25) is 0 Å². The third kappa shape index (κ3) is 3.37. The van der Waals surface area contributed by atoms with E-state index in [0.717, 1.165) is 29.2 Å². The zero-order valence-electron chi connectivity index (χ0n) is 13.6. The Hall–Kier alpha value is -1.36. The molecule has 1 aromatic carbocycles. The molecule has 6 heteroatoms. The molecule has 0 saturated carbocycles. The van der Waals surface area contributed by atoms with Gasteiger partial charge in [-0.1, -0.05) is 12.1 Å². The Morgan fingerprint density at radius 1 is 1.17 bits per heavy atom. The lowest BCUT2D eigenvalue weighted by molar-refractivity contribution is 0.0683. The number of pyridine rings is 1. The smallest absolute Gasteiger partial charge is 0.254 e. The van der Waals surface area contributed by atoms with E-state index in [1.54, 1.807) is 6.20 Å². The van der Waals surface area contributed by atoms with Crippen molar-refractivity contribution < 1.29 is 4.79 Å². The van der Waals surface area contributed by atoms with Crippen LogP contribution in [0, 0.1) is 0 Å². The summed E-state index contributed by atoms with van der Waals surface area (Å²) in [5.41, 5.74) is 0.785. The normalized spacial score (nSPS) is 24.8. The molecule has 0 radical (unpaired) electrons. The summed E-state index contributed by atoms with van der Waals surface area (Å²) in [6.07, 6.45) is 8.23. The van der Waals surface area contributed by atoms with Crippen molar-refractivity contribution in [3.05, 3.63) is 42.2 Å². The first-order chi connectivity index (χ1) is 10.7. The first kappa shape index (κ1) is 19.0. The third-order valence-corrected chi connectivity index (χ3v) is 5.23. The average molecular weight is 368 g/mol. The molecule has 2 fully saturated rings. The molecule has 0 spiro atoms. The number of rotatable bonds is 2. The lowest BCUT2D eigenvalue weighted by Crippen LogP contribution is -2.48. The van der Waals surface area contributed by atoms with Gasteiger partial charge in [-0.3, -0.25) is 9.78 Å². The fourth-order valence-electron chi connectivity index (χ4n) is 4.01. The van der Waals surface area contributed by atoms with Crippen LogP contribution in [0.4, 0.5) is 0 Å². The fraction of sp³-hybridized carbons (Fsp3) is 0.444. The van der Waals surface area contributed by atoms with Crippen LogP contribution in [0.15, 0.2) is 36.7 Å². The van der Waals surface area contributed by atoms with Gasteiger partial charge >= 0.3 is 0 Å². The maximum Gasteiger partial charge on any atom is 0.254 e. The molecule has 1 N–H and O–H groups in total. The van der Waals surface area contributed by atoms with Crippen molar-refractivity contribution >= 4 is 41.5 Å². The van der Waals surface area contributed by atoms with Crippen molar-refractivity contribution in [2.45, 2.75) is 43.8 Å². The van der Waals surface area contributed by atoms with Crippen molar-refractivity contribution in [2.24, 2.45) is 0 Å². The molecule has 2 bridgehead atoms. The number of carbonyl (C=O) groups is 1. The molecule has 1 aromatic heterocycles. The minimum atomic E-state index is 0. The van der Waals surface area contributed by atoms with Crippen molar-refractivity contribution in [1.29, 1.82) is 0 Å². The van der Waals surface area contributed by atoms with Gasteiger partial charge in [-0.2, -0.15) is 0 Å². The summed E-state index contributed by atoms with van der Waals surface area (Å²) in [6, 6.07) is 9.34. The fourth-order valence-corrected chi connectivity index (χ4v) is 4.01. The molecule has 2 atom stereocenters. The molecular weight excluding hydrogens is 345 g/mol. The van der Waals surface area contributed by atoms with Gasteiger partial charge in [0, 0.05) is 48.5 Å². The molecule has 2 aromatic rings. The highest BCUT2D eigenvalue weighted by molar-refractivity contribution is 6.06. The molecule has 1 amide bonds. The van der Waals surface area contributed by atoms with Crippen molar-refractivity contribution in [2.75, 3.05) is 7.05 Å². The monoisotopic (exact) mass is 367 g/mol. The number of carbonyl (C=O) groups excluding carboxylic acids is 1. The second-order valence-corrected chi connectivity index (χ2v) is 6.58. The van der Waals surface area contributed by atoms with E-state index in [-0.39, 0.29) is 30.7 Å². The summed E-state index contributed by atoms with van der Waals surface area (Å²) in [7, 11) is 1.96. The number of hydrogen-bond donors (Lipinski definition) is 1. The summed E-state index contributed by atoms with van der Waals surface area (Å²) < 4.78 is 0. The highest BCUT2D eigenvalue weighted by Crippen LogP contribution is 2.30. The molecule has 0 aliphatic carbocycles. The van der Waals surface area contributed by atoms with E-state index in [1.165, 1.54) is 12.8 Å². The predicted molar refractivity (Wildman–Crippen MR) is 101 cm³/mol. The van der Waals surface area contributed by atoms with Crippen LogP contribution in [-0.4, -0.2) is 41.0 Å². The van der Waals surface area contributed by atoms with Crippen molar-refractivity contribution in [1.82, 2.24) is 15.2 Å². The number of piperidine rings is 1. The van der Waals surface area contributed by atoms with E-state index < -0.39 is 0 Å². The Morgan fingerprint density at radius 3 is 2.58 bits per heavy atom. The standard InChI is InChI=1S/C18H21N3O.2ClH/c1-21(15-9-13-5-6-14(10-15)20-13)18(22)17-4-2-3-12-11-19-8-7-16(12)17;;/h2-4,7-8,11,13-15,20H,5-6,9-10H2,1H3;2*1H. The first-order valence-corrected chi connectivity index (χ1v) is 8.08. The number of nitrogens with one attached hydrogen (secondary N) is 1. The Bertz CT molecular complexity index is 707. The molecule has 2 aliphatic heterocycles. The number of halogens is 2. The van der Waals surface area contributed by atoms with E-state index in [9.17, 15) is 4.79 Å². The van der Waals surface area contributed by atoms with Gasteiger partial charge in [-0.15, -0.1) is 24.8 Å². The van der Waals surface area contributed by atoms with Crippen LogP contribution in [0.25, 0.3) is 10.8 Å². The lowest BCUT2D eigenvalue weighted by atomic mass is 9.97. The maximum absolute atomic E-state index is 13.0. The predicted octanol–water partition coefficient (Wildman–Crippen LogP) is 3.43. The van der Waals surface area contributed by atoms with Crippen LogP contribution in [0.1, 0.15) is 36.0 Å². The number of nitrogens with zero attached hydrogens (tertiary/aromatic N) is 2. The summed E-state index contributed by atoms with van der Waals surface area (Å²) in [4.78, 5) is 19.1. The van der Waals surface area contributed by atoms with Crippen LogP contribution in [-0.2, 0) is 0 Å². The van der Waals surface area contributed by atoms with Gasteiger partial charge < -0.3 is 10.2 Å². The molecular formula is C18H23Cl2N3O. The van der Waals surface area contributed by atoms with Gasteiger partial charge in [0.25, 0.3) is 5.91 Å². The Morgan fingerprint density at radius 2 is 1.88 bits per heavy atom. The van der Waals surface area contributed by atoms with E-state index >= 15 is 0 Å². The second-order valence-electron chi connectivity index (χ2n) is 6.58. The third-order valence-electron chi connectivity index (χ3n) is 5.23. The molecule has 24 heavy (non-hydrogen) atoms. The number of benzene rings is 1. The van der Waals surface area contributed by atoms with Crippen LogP contribution in [0.5, 0.6) is 0 Å². The van der Waals surface area contributed by atoms with Crippen LogP contribution in [0.2, 0.25) is 0 Å². The molecule has 3 heterocycles. The molecule has 4 rings (SSSR count). The van der Waals surface area contributed by atoms with Gasteiger partial charge in [-0.25, -0.2) is 0 Å². The van der Waals surface area contributed by atoms with Crippen molar-refractivity contribution in [3.63, 3.8) is 0 Å². The average Bonchev–Trinajstić information content (AvgIpc) is 2.91. The van der Waals surface area contributed by atoms with Gasteiger partial charge in [0.05, 0.1) is 0 Å². The largest absolute Gasteiger partial charge is 0.339 e. The minimum Gasteiger partial charge on any atom is -0.339 e. The zero-order valence-corrected chi connectivity index (χ0v) is 15.3. The molecule has 2 saturated heterocycles. The summed E-state index contributed by atoms with van der Waals surface area (Å²) in [5.74, 6) is 0.128.